The number of ether oxygens (including phenoxy) is 1. The Bertz CT molecular complexity index is 296. The third-order valence-corrected chi connectivity index (χ3v) is 2.50. The van der Waals surface area contributed by atoms with Gasteiger partial charge in [-0.05, 0) is 23.3 Å². The zero-order valence-electron chi connectivity index (χ0n) is 9.01. The Labute approximate surface area is 91.0 Å². The largest absolute Gasteiger partial charge is 0.376 e. The van der Waals surface area contributed by atoms with Crippen molar-refractivity contribution in [3.05, 3.63) is 34.3 Å². The Hall–Kier alpha value is -0.530. The molecule has 0 radical (unpaired) electrons. The van der Waals surface area contributed by atoms with Crippen molar-refractivity contribution in [1.29, 1.82) is 0 Å². The molecule has 1 aliphatic rings. The van der Waals surface area contributed by atoms with Crippen LogP contribution in [0.1, 0.15) is 37.8 Å². The highest BCUT2D eigenvalue weighted by Crippen LogP contribution is 2.28. The summed E-state index contributed by atoms with van der Waals surface area (Å²) < 4.78 is 5.40. The molecule has 1 aromatic carbocycles. The van der Waals surface area contributed by atoms with E-state index in [2.05, 4.69) is 13.0 Å². The minimum atomic E-state index is 0.506. The van der Waals surface area contributed by atoms with E-state index < -0.39 is 0 Å². The molecule has 1 aromatic rings. The molecule has 0 fully saturated rings. The van der Waals surface area contributed by atoms with Crippen LogP contribution in [0.25, 0.3) is 0 Å². The maximum absolute atomic E-state index is 5.87. The molecule has 78 valence electrons. The molecule has 0 unspecified atom stereocenters. The van der Waals surface area contributed by atoms with Gasteiger partial charge in [-0.3, -0.25) is 0 Å². The van der Waals surface area contributed by atoms with Gasteiger partial charge in [0, 0.05) is 10.9 Å². The second-order valence-electron chi connectivity index (χ2n) is 3.26. The van der Waals surface area contributed by atoms with Gasteiger partial charge in [0.1, 0.15) is 0 Å². The molecule has 0 saturated carbocycles. The SMILES string of the molecule is CC.C[C@@H]1COCc2cc(Cl)ccc21. The molecule has 0 aromatic heterocycles. The van der Waals surface area contributed by atoms with Gasteiger partial charge >= 0.3 is 0 Å². The normalized spacial score (nSPS) is 19.3. The molecular formula is C12H17ClO. The lowest BCUT2D eigenvalue weighted by Gasteiger charge is -2.22. The van der Waals surface area contributed by atoms with E-state index in [4.69, 9.17) is 16.3 Å². The molecule has 1 aliphatic heterocycles. The van der Waals surface area contributed by atoms with Crippen molar-refractivity contribution in [1.82, 2.24) is 0 Å². The molecule has 1 heterocycles. The zero-order valence-corrected chi connectivity index (χ0v) is 9.77. The van der Waals surface area contributed by atoms with Crippen molar-refractivity contribution >= 4 is 11.6 Å². The van der Waals surface area contributed by atoms with Crippen molar-refractivity contribution in [2.75, 3.05) is 6.61 Å². The first-order valence-corrected chi connectivity index (χ1v) is 5.51. The van der Waals surface area contributed by atoms with Crippen LogP contribution in [0.4, 0.5) is 0 Å². The highest BCUT2D eigenvalue weighted by molar-refractivity contribution is 6.30. The molecule has 0 amide bonds. The van der Waals surface area contributed by atoms with Crippen molar-refractivity contribution in [2.45, 2.75) is 33.3 Å². The molecule has 2 rings (SSSR count). The summed E-state index contributed by atoms with van der Waals surface area (Å²) >= 11 is 5.87. The second-order valence-corrected chi connectivity index (χ2v) is 3.70. The molecule has 0 saturated heterocycles. The van der Waals surface area contributed by atoms with Gasteiger partial charge in [0.15, 0.2) is 0 Å². The Balaban J connectivity index is 0.000000461. The fourth-order valence-corrected chi connectivity index (χ4v) is 1.81. The standard InChI is InChI=1S/C10H11ClO.C2H6/c1-7-5-12-6-8-4-9(11)2-3-10(7)8;1-2/h2-4,7H,5-6H2,1H3;1-2H3/t7-;/m1./s1. The third-order valence-electron chi connectivity index (χ3n) is 2.26. The van der Waals surface area contributed by atoms with E-state index in [0.717, 1.165) is 11.6 Å². The Morgan fingerprint density at radius 2 is 2.07 bits per heavy atom. The Morgan fingerprint density at radius 3 is 2.79 bits per heavy atom. The molecule has 0 N–H and O–H groups in total. The van der Waals surface area contributed by atoms with Crippen LogP contribution in [0, 0.1) is 0 Å². The molecule has 0 spiro atoms. The molecule has 1 nitrogen and oxygen atoms in total. The van der Waals surface area contributed by atoms with E-state index in [1.165, 1.54) is 11.1 Å². The fraction of sp³-hybridized carbons (Fsp3) is 0.500. The van der Waals surface area contributed by atoms with Crippen LogP contribution in [0.2, 0.25) is 5.02 Å². The molecule has 2 heteroatoms. The number of hydrogen-bond donors (Lipinski definition) is 0. The third kappa shape index (κ3) is 2.49. The predicted octanol–water partition coefficient (Wildman–Crippen LogP) is 4.00. The minimum absolute atomic E-state index is 0.506. The van der Waals surface area contributed by atoms with Crippen molar-refractivity contribution in [3.8, 4) is 0 Å². The molecule has 14 heavy (non-hydrogen) atoms. The average molecular weight is 213 g/mol. The topological polar surface area (TPSA) is 9.23 Å². The van der Waals surface area contributed by atoms with Crippen molar-refractivity contribution < 1.29 is 4.74 Å². The van der Waals surface area contributed by atoms with E-state index >= 15 is 0 Å². The van der Waals surface area contributed by atoms with E-state index in [1.54, 1.807) is 0 Å². The summed E-state index contributed by atoms with van der Waals surface area (Å²) in [5.41, 5.74) is 2.62. The van der Waals surface area contributed by atoms with E-state index in [9.17, 15) is 0 Å². The monoisotopic (exact) mass is 212 g/mol. The first-order chi connectivity index (χ1) is 6.77. The Kier molecular flexibility index (Phi) is 4.43. The van der Waals surface area contributed by atoms with Crippen LogP contribution in [-0.2, 0) is 11.3 Å². The summed E-state index contributed by atoms with van der Waals surface area (Å²) in [7, 11) is 0. The first kappa shape index (κ1) is 11.5. The molecule has 1 atom stereocenters. The van der Waals surface area contributed by atoms with Gasteiger partial charge < -0.3 is 4.74 Å². The van der Waals surface area contributed by atoms with Gasteiger partial charge in [0.2, 0.25) is 0 Å². The summed E-state index contributed by atoms with van der Waals surface area (Å²) in [5, 5.41) is 0.798. The van der Waals surface area contributed by atoms with Gasteiger partial charge in [-0.25, -0.2) is 0 Å². The number of hydrogen-bond acceptors (Lipinski definition) is 1. The van der Waals surface area contributed by atoms with Gasteiger partial charge in [-0.2, -0.15) is 0 Å². The summed E-state index contributed by atoms with van der Waals surface area (Å²) in [5.74, 6) is 0.506. The van der Waals surface area contributed by atoms with Gasteiger partial charge in [-0.15, -0.1) is 0 Å². The van der Waals surface area contributed by atoms with E-state index in [-0.39, 0.29) is 0 Å². The van der Waals surface area contributed by atoms with Crippen LogP contribution < -0.4 is 0 Å². The van der Waals surface area contributed by atoms with E-state index in [0.29, 0.717) is 12.5 Å². The lowest BCUT2D eigenvalue weighted by Crippen LogP contribution is -2.13. The van der Waals surface area contributed by atoms with Gasteiger partial charge in [0.05, 0.1) is 13.2 Å². The van der Waals surface area contributed by atoms with Crippen molar-refractivity contribution in [3.63, 3.8) is 0 Å². The maximum atomic E-state index is 5.87. The fourth-order valence-electron chi connectivity index (χ4n) is 1.62. The maximum Gasteiger partial charge on any atom is 0.0720 e. The van der Waals surface area contributed by atoms with E-state index in [1.807, 2.05) is 26.0 Å². The zero-order chi connectivity index (χ0) is 10.6. The average Bonchev–Trinajstić information content (AvgIpc) is 2.21. The van der Waals surface area contributed by atoms with Gasteiger partial charge in [-0.1, -0.05) is 38.4 Å². The number of halogens is 1. The molecular weight excluding hydrogens is 196 g/mol. The van der Waals surface area contributed by atoms with Crippen molar-refractivity contribution in [2.24, 2.45) is 0 Å². The smallest absolute Gasteiger partial charge is 0.0720 e. The lowest BCUT2D eigenvalue weighted by molar-refractivity contribution is 0.0951. The molecule has 0 bridgehead atoms. The number of rotatable bonds is 0. The lowest BCUT2D eigenvalue weighted by atomic mass is 9.95. The first-order valence-electron chi connectivity index (χ1n) is 5.13. The van der Waals surface area contributed by atoms with Crippen LogP contribution >= 0.6 is 11.6 Å². The van der Waals surface area contributed by atoms with Crippen LogP contribution in [0.5, 0.6) is 0 Å². The second kappa shape index (κ2) is 5.38. The molecule has 0 aliphatic carbocycles. The predicted molar refractivity (Wildman–Crippen MR) is 60.9 cm³/mol. The van der Waals surface area contributed by atoms with Gasteiger partial charge in [0.25, 0.3) is 0 Å². The Morgan fingerprint density at radius 1 is 1.36 bits per heavy atom. The number of benzene rings is 1. The minimum Gasteiger partial charge on any atom is -0.376 e. The summed E-state index contributed by atoms with van der Waals surface area (Å²) in [6.45, 7) is 7.71. The highest BCUT2D eigenvalue weighted by Gasteiger charge is 2.16. The highest BCUT2D eigenvalue weighted by atomic mass is 35.5. The van der Waals surface area contributed by atoms with Crippen LogP contribution in [0.3, 0.4) is 0 Å². The summed E-state index contributed by atoms with van der Waals surface area (Å²) in [4.78, 5) is 0. The summed E-state index contributed by atoms with van der Waals surface area (Å²) in [6, 6.07) is 6.04. The number of fused-ring (bicyclic) bond motifs is 1. The van der Waals surface area contributed by atoms with Crippen LogP contribution in [-0.4, -0.2) is 6.61 Å². The summed E-state index contributed by atoms with van der Waals surface area (Å²) in [6.07, 6.45) is 0. The van der Waals surface area contributed by atoms with Crippen LogP contribution in [0.15, 0.2) is 18.2 Å². The quantitative estimate of drug-likeness (QED) is 0.632.